The average Bonchev–Trinajstić information content (AvgIpc) is 3.67. The summed E-state index contributed by atoms with van der Waals surface area (Å²) in [6, 6.07) is 13.1. The third-order valence-electron chi connectivity index (χ3n) is 7.41. The van der Waals surface area contributed by atoms with Gasteiger partial charge in [0.05, 0.1) is 18.6 Å². The first-order valence-electron chi connectivity index (χ1n) is 12.9. The van der Waals surface area contributed by atoms with Crippen molar-refractivity contribution in [2.45, 2.75) is 43.6 Å². The molecular formula is C29H21F6N3O4. The molecule has 0 radical (unpaired) electrons. The summed E-state index contributed by atoms with van der Waals surface area (Å²) in [6.45, 7) is 0.236. The number of nitrogens with one attached hydrogen (secondary N) is 1. The predicted octanol–water partition coefficient (Wildman–Crippen LogP) is 7.19. The topological polar surface area (TPSA) is 97.3 Å². The van der Waals surface area contributed by atoms with Crippen molar-refractivity contribution in [3.8, 4) is 34.0 Å². The van der Waals surface area contributed by atoms with Gasteiger partial charge in [-0.3, -0.25) is 9.89 Å². The first-order valence-corrected chi connectivity index (χ1v) is 12.9. The fourth-order valence-electron chi connectivity index (χ4n) is 5.54. The van der Waals surface area contributed by atoms with Crippen LogP contribution in [0.2, 0.25) is 0 Å². The van der Waals surface area contributed by atoms with Gasteiger partial charge in [0.15, 0.2) is 5.82 Å². The highest BCUT2D eigenvalue weighted by molar-refractivity contribution is 5.76. The van der Waals surface area contributed by atoms with Gasteiger partial charge in [0.2, 0.25) is 0 Å². The van der Waals surface area contributed by atoms with Gasteiger partial charge >= 0.3 is 18.3 Å². The van der Waals surface area contributed by atoms with Crippen LogP contribution in [0.1, 0.15) is 52.9 Å². The van der Waals surface area contributed by atoms with Gasteiger partial charge in [0.25, 0.3) is 5.82 Å². The summed E-state index contributed by atoms with van der Waals surface area (Å²) in [7, 11) is 0. The number of ether oxygens (including phenoxy) is 2. The molecule has 0 saturated heterocycles. The van der Waals surface area contributed by atoms with Crippen molar-refractivity contribution in [2.75, 3.05) is 6.61 Å². The Morgan fingerprint density at radius 1 is 0.976 bits per heavy atom. The minimum Gasteiger partial charge on any atom is -0.492 e. The lowest BCUT2D eigenvalue weighted by Gasteiger charge is -2.20. The second kappa shape index (κ2) is 10.1. The van der Waals surface area contributed by atoms with E-state index in [1.54, 1.807) is 18.2 Å². The number of nitrogens with zero attached hydrogens (tertiary/aromatic N) is 2. The highest BCUT2D eigenvalue weighted by atomic mass is 19.4. The lowest BCUT2D eigenvalue weighted by molar-refractivity contribution is -0.144. The molecule has 1 aliphatic heterocycles. The maximum absolute atomic E-state index is 14.1. The quantitative estimate of drug-likeness (QED) is 0.231. The van der Waals surface area contributed by atoms with Gasteiger partial charge < -0.3 is 14.6 Å². The Bertz CT molecular complexity index is 1660. The number of fused-ring (bicyclic) bond motifs is 2. The van der Waals surface area contributed by atoms with Crippen LogP contribution in [0.3, 0.4) is 0 Å². The van der Waals surface area contributed by atoms with Crippen LogP contribution in [-0.2, 0) is 23.6 Å². The van der Waals surface area contributed by atoms with Gasteiger partial charge in [-0.1, -0.05) is 36.4 Å². The maximum atomic E-state index is 14.1. The zero-order chi connectivity index (χ0) is 29.8. The number of carboxylic acids is 1. The normalized spacial score (nSPS) is 18.0. The van der Waals surface area contributed by atoms with Crippen LogP contribution in [0.25, 0.3) is 22.5 Å². The van der Waals surface area contributed by atoms with E-state index in [2.05, 4.69) is 15.2 Å². The molecule has 0 amide bonds. The summed E-state index contributed by atoms with van der Waals surface area (Å²) in [5.41, 5.74) is 1.46. The first kappa shape index (κ1) is 27.6. The van der Waals surface area contributed by atoms with E-state index in [9.17, 15) is 31.1 Å². The molecule has 0 spiro atoms. The zero-order valence-electron chi connectivity index (χ0n) is 21.5. The number of hydrogen-bond donors (Lipinski definition) is 2. The van der Waals surface area contributed by atoms with Crippen molar-refractivity contribution in [2.24, 2.45) is 0 Å². The number of alkyl halides is 6. The Balaban J connectivity index is 1.30. The Labute approximate surface area is 234 Å². The molecule has 7 nitrogen and oxygen atoms in total. The lowest BCUT2D eigenvalue weighted by atomic mass is 9.91. The number of aliphatic carboxylic acids is 1. The standard InChI is InChI=1S/C29H21F6N3O4/c30-28(31,32)21-9-7-19-20(25(21)14-1-3-15(4-2-14)26-36-27(38-37-26)29(33,34)35)8-10-22(19)42-17-5-6-18-16(11-24(39)40)13-41-23(18)12-17/h1-7,9,12,16,22H,8,10-11,13H2,(H,39,40)(H,36,37,38)/t16?,22-/m1/s1. The number of aromatic nitrogens is 3. The van der Waals surface area contributed by atoms with Gasteiger partial charge in [-0.2, -0.15) is 26.3 Å². The molecule has 2 N–H and O–H groups in total. The Morgan fingerprint density at radius 2 is 1.69 bits per heavy atom. The van der Waals surface area contributed by atoms with E-state index in [-0.39, 0.29) is 41.5 Å². The van der Waals surface area contributed by atoms with E-state index in [0.29, 0.717) is 35.5 Å². The third kappa shape index (κ3) is 5.14. The molecule has 6 rings (SSSR count). The molecule has 218 valence electrons. The van der Waals surface area contributed by atoms with Crippen LogP contribution in [0.4, 0.5) is 26.3 Å². The van der Waals surface area contributed by atoms with Gasteiger partial charge in [-0.25, -0.2) is 4.98 Å². The SMILES string of the molecule is O=C(O)CC1COc2cc(O[C@@H]3CCc4c3ccc(C(F)(F)F)c4-c3ccc(-c4nc(C(F)(F)F)n[nH]4)cc3)ccc21. The average molecular weight is 589 g/mol. The number of hydrogen-bond acceptors (Lipinski definition) is 5. The summed E-state index contributed by atoms with van der Waals surface area (Å²) in [5, 5.41) is 14.5. The molecule has 0 fully saturated rings. The molecule has 0 bridgehead atoms. The number of aromatic amines is 1. The molecule has 1 aromatic heterocycles. The molecule has 13 heteroatoms. The lowest BCUT2D eigenvalue weighted by Crippen LogP contribution is -2.10. The summed E-state index contributed by atoms with van der Waals surface area (Å²) >= 11 is 0. The summed E-state index contributed by atoms with van der Waals surface area (Å²) in [6.07, 6.45) is -9.28. The van der Waals surface area contributed by atoms with Crippen molar-refractivity contribution in [1.82, 2.24) is 15.2 Å². The predicted molar refractivity (Wildman–Crippen MR) is 136 cm³/mol. The van der Waals surface area contributed by atoms with Gasteiger partial charge in [-0.15, -0.1) is 5.10 Å². The fourth-order valence-corrected chi connectivity index (χ4v) is 5.54. The highest BCUT2D eigenvalue weighted by Gasteiger charge is 2.39. The van der Waals surface area contributed by atoms with Gasteiger partial charge in [0.1, 0.15) is 17.6 Å². The van der Waals surface area contributed by atoms with E-state index >= 15 is 0 Å². The van der Waals surface area contributed by atoms with E-state index < -0.39 is 35.8 Å². The number of rotatable bonds is 6. The monoisotopic (exact) mass is 589 g/mol. The van der Waals surface area contributed by atoms with E-state index in [0.717, 1.165) is 11.6 Å². The molecule has 1 aliphatic carbocycles. The second-order valence-corrected chi connectivity index (χ2v) is 10.1. The van der Waals surface area contributed by atoms with Crippen LogP contribution in [0, 0.1) is 0 Å². The number of benzene rings is 3. The Morgan fingerprint density at radius 3 is 2.36 bits per heavy atom. The zero-order valence-corrected chi connectivity index (χ0v) is 21.5. The van der Waals surface area contributed by atoms with Gasteiger partial charge in [0, 0.05) is 23.1 Å². The molecule has 2 heterocycles. The fraction of sp³-hybridized carbons (Fsp3) is 0.276. The minimum absolute atomic E-state index is 0.0139. The number of halogens is 6. The van der Waals surface area contributed by atoms with E-state index in [1.807, 2.05) is 0 Å². The van der Waals surface area contributed by atoms with Crippen molar-refractivity contribution < 1.29 is 45.7 Å². The maximum Gasteiger partial charge on any atom is 0.453 e. The number of carboxylic acid groups (broad SMARTS) is 1. The first-order chi connectivity index (χ1) is 19.9. The van der Waals surface area contributed by atoms with Crippen molar-refractivity contribution in [3.63, 3.8) is 0 Å². The summed E-state index contributed by atoms with van der Waals surface area (Å²) in [5.74, 6) is -1.76. The van der Waals surface area contributed by atoms with Crippen LogP contribution in [0.5, 0.6) is 11.5 Å². The minimum atomic E-state index is -4.74. The number of H-pyrrole nitrogens is 1. The molecule has 3 aromatic carbocycles. The van der Waals surface area contributed by atoms with Crippen LogP contribution >= 0.6 is 0 Å². The molecule has 42 heavy (non-hydrogen) atoms. The van der Waals surface area contributed by atoms with Crippen molar-refractivity contribution in [1.29, 1.82) is 0 Å². The van der Waals surface area contributed by atoms with Crippen molar-refractivity contribution in [3.05, 3.63) is 82.7 Å². The third-order valence-corrected chi connectivity index (χ3v) is 7.41. The Hall–Kier alpha value is -4.55. The summed E-state index contributed by atoms with van der Waals surface area (Å²) in [4.78, 5) is 14.5. The summed E-state index contributed by atoms with van der Waals surface area (Å²) < 4.78 is 92.9. The molecule has 0 saturated carbocycles. The highest BCUT2D eigenvalue weighted by Crippen LogP contribution is 2.47. The second-order valence-electron chi connectivity index (χ2n) is 10.1. The largest absolute Gasteiger partial charge is 0.492 e. The van der Waals surface area contributed by atoms with E-state index in [1.165, 1.54) is 30.3 Å². The molecule has 1 unspecified atom stereocenters. The molecule has 4 aromatic rings. The number of carbonyl (C=O) groups is 1. The van der Waals surface area contributed by atoms with Crippen molar-refractivity contribution >= 4 is 5.97 Å². The molecule has 2 aliphatic rings. The van der Waals surface area contributed by atoms with Crippen LogP contribution in [-0.4, -0.2) is 32.9 Å². The Kier molecular flexibility index (Phi) is 6.62. The van der Waals surface area contributed by atoms with Crippen LogP contribution < -0.4 is 9.47 Å². The van der Waals surface area contributed by atoms with Gasteiger partial charge in [-0.05, 0) is 47.2 Å². The smallest absolute Gasteiger partial charge is 0.453 e. The molecule has 2 atom stereocenters. The van der Waals surface area contributed by atoms with Crippen LogP contribution in [0.15, 0.2) is 54.6 Å². The van der Waals surface area contributed by atoms with E-state index in [4.69, 9.17) is 14.6 Å². The molecular weight excluding hydrogens is 568 g/mol.